The van der Waals surface area contributed by atoms with E-state index in [0.717, 1.165) is 24.8 Å². The van der Waals surface area contributed by atoms with Crippen molar-refractivity contribution in [2.45, 2.75) is 26.4 Å². The van der Waals surface area contributed by atoms with Crippen LogP contribution in [0.25, 0.3) is 0 Å². The lowest BCUT2D eigenvalue weighted by molar-refractivity contribution is 0.0798. The molecule has 2 rings (SSSR count). The van der Waals surface area contributed by atoms with Gasteiger partial charge in [0.1, 0.15) is 0 Å². The molecule has 15 heavy (non-hydrogen) atoms. The molecule has 0 aliphatic carbocycles. The summed E-state index contributed by atoms with van der Waals surface area (Å²) >= 11 is 1.72. The highest BCUT2D eigenvalue weighted by Crippen LogP contribution is 2.15. The third-order valence-electron chi connectivity index (χ3n) is 2.67. The van der Waals surface area contributed by atoms with Crippen molar-refractivity contribution in [2.24, 2.45) is 5.92 Å². The Labute approximate surface area is 94.9 Å². The summed E-state index contributed by atoms with van der Waals surface area (Å²) in [5, 5.41) is 4.52. The molecule has 3 nitrogen and oxygen atoms in total. The van der Waals surface area contributed by atoms with Crippen LogP contribution in [0.5, 0.6) is 0 Å². The number of aryl methyl sites for hydroxylation is 1. The molecule has 1 aromatic heterocycles. The number of nitrogens with zero attached hydrogens (tertiary/aromatic N) is 1. The van der Waals surface area contributed by atoms with E-state index in [4.69, 9.17) is 4.74 Å². The third-order valence-corrected chi connectivity index (χ3v) is 3.55. The van der Waals surface area contributed by atoms with Gasteiger partial charge >= 0.3 is 0 Å². The van der Waals surface area contributed by atoms with E-state index in [0.29, 0.717) is 5.92 Å². The highest BCUT2D eigenvalue weighted by molar-refractivity contribution is 7.11. The Morgan fingerprint density at radius 3 is 3.27 bits per heavy atom. The van der Waals surface area contributed by atoms with Crippen molar-refractivity contribution in [2.75, 3.05) is 19.7 Å². The highest BCUT2D eigenvalue weighted by atomic mass is 32.1. The summed E-state index contributed by atoms with van der Waals surface area (Å²) in [7, 11) is 0. The molecule has 1 aromatic rings. The average molecular weight is 226 g/mol. The fourth-order valence-corrected chi connectivity index (χ4v) is 2.60. The second-order valence-corrected chi connectivity index (χ2v) is 5.39. The van der Waals surface area contributed by atoms with Gasteiger partial charge in [0.05, 0.1) is 23.1 Å². The fraction of sp³-hybridized carbons (Fsp3) is 0.727. The van der Waals surface area contributed by atoms with Gasteiger partial charge in [0, 0.05) is 12.7 Å². The molecule has 1 aliphatic heterocycles. The van der Waals surface area contributed by atoms with Crippen LogP contribution in [0.4, 0.5) is 0 Å². The molecule has 4 heteroatoms. The van der Waals surface area contributed by atoms with Gasteiger partial charge in [-0.2, -0.15) is 0 Å². The second-order valence-electron chi connectivity index (χ2n) is 4.07. The van der Waals surface area contributed by atoms with E-state index < -0.39 is 0 Å². The summed E-state index contributed by atoms with van der Waals surface area (Å²) < 4.78 is 5.70. The first-order valence-electron chi connectivity index (χ1n) is 5.54. The number of hydrogen-bond acceptors (Lipinski definition) is 4. The molecular weight excluding hydrogens is 208 g/mol. The SMILES string of the molecule is Cc1ncc(COCC2CCCNC2)s1. The van der Waals surface area contributed by atoms with Crippen molar-refractivity contribution >= 4 is 11.3 Å². The van der Waals surface area contributed by atoms with E-state index in [-0.39, 0.29) is 0 Å². The minimum absolute atomic E-state index is 0.702. The van der Waals surface area contributed by atoms with Gasteiger partial charge in [-0.1, -0.05) is 0 Å². The summed E-state index contributed by atoms with van der Waals surface area (Å²) in [6.45, 7) is 5.91. The van der Waals surface area contributed by atoms with Crippen LogP contribution < -0.4 is 5.32 Å². The number of nitrogens with one attached hydrogen (secondary N) is 1. The van der Waals surface area contributed by atoms with Crippen LogP contribution >= 0.6 is 11.3 Å². The van der Waals surface area contributed by atoms with Gasteiger partial charge in [-0.15, -0.1) is 11.3 Å². The molecule has 0 radical (unpaired) electrons. The lowest BCUT2D eigenvalue weighted by Gasteiger charge is -2.22. The first-order chi connectivity index (χ1) is 7.34. The number of thiazole rings is 1. The molecule has 0 bridgehead atoms. The zero-order chi connectivity index (χ0) is 10.5. The van der Waals surface area contributed by atoms with Crippen LogP contribution in [0.2, 0.25) is 0 Å². The van der Waals surface area contributed by atoms with Gasteiger partial charge in [0.2, 0.25) is 0 Å². The topological polar surface area (TPSA) is 34.1 Å². The van der Waals surface area contributed by atoms with E-state index >= 15 is 0 Å². The Morgan fingerprint density at radius 2 is 2.60 bits per heavy atom. The lowest BCUT2D eigenvalue weighted by atomic mass is 10.0. The molecular formula is C11H18N2OS. The van der Waals surface area contributed by atoms with Gasteiger partial charge in [-0.3, -0.25) is 0 Å². The van der Waals surface area contributed by atoms with Crippen molar-refractivity contribution in [3.63, 3.8) is 0 Å². The molecule has 0 spiro atoms. The molecule has 1 N–H and O–H groups in total. The number of hydrogen-bond donors (Lipinski definition) is 1. The second kappa shape index (κ2) is 5.58. The zero-order valence-electron chi connectivity index (χ0n) is 9.16. The number of rotatable bonds is 4. The molecule has 84 valence electrons. The Morgan fingerprint density at radius 1 is 1.67 bits per heavy atom. The smallest absolute Gasteiger partial charge is 0.0897 e. The Bertz CT molecular complexity index is 295. The molecule has 1 aliphatic rings. The molecule has 0 amide bonds. The average Bonchev–Trinajstić information content (AvgIpc) is 2.66. The van der Waals surface area contributed by atoms with Crippen LogP contribution in [-0.4, -0.2) is 24.7 Å². The molecule has 1 fully saturated rings. The van der Waals surface area contributed by atoms with Gasteiger partial charge in [0.25, 0.3) is 0 Å². The number of ether oxygens (including phenoxy) is 1. The van der Waals surface area contributed by atoms with Gasteiger partial charge < -0.3 is 10.1 Å². The molecule has 1 saturated heterocycles. The number of aromatic nitrogens is 1. The Kier molecular flexibility index (Phi) is 4.11. The maximum atomic E-state index is 5.70. The zero-order valence-corrected chi connectivity index (χ0v) is 9.98. The van der Waals surface area contributed by atoms with Crippen LogP contribution in [0, 0.1) is 12.8 Å². The van der Waals surface area contributed by atoms with Crippen LogP contribution in [0.3, 0.4) is 0 Å². The maximum Gasteiger partial charge on any atom is 0.0897 e. The first-order valence-corrected chi connectivity index (χ1v) is 6.36. The van der Waals surface area contributed by atoms with Crippen molar-refractivity contribution in [1.29, 1.82) is 0 Å². The Balaban J connectivity index is 1.65. The molecule has 1 atom stereocenters. The standard InChI is InChI=1S/C11H18N2OS/c1-9-13-6-11(15-9)8-14-7-10-3-2-4-12-5-10/h6,10,12H,2-5,7-8H2,1H3. The predicted octanol–water partition coefficient (Wildman–Crippen LogP) is 1.97. The quantitative estimate of drug-likeness (QED) is 0.852. The first kappa shape index (κ1) is 11.0. The van der Waals surface area contributed by atoms with Crippen LogP contribution in [-0.2, 0) is 11.3 Å². The Hall–Kier alpha value is -0.450. The molecule has 0 aromatic carbocycles. The van der Waals surface area contributed by atoms with Crippen molar-refractivity contribution in [3.8, 4) is 0 Å². The largest absolute Gasteiger partial charge is 0.376 e. The maximum absolute atomic E-state index is 5.70. The van der Waals surface area contributed by atoms with E-state index in [2.05, 4.69) is 10.3 Å². The normalized spacial score (nSPS) is 21.8. The van der Waals surface area contributed by atoms with Crippen molar-refractivity contribution in [3.05, 3.63) is 16.1 Å². The van der Waals surface area contributed by atoms with E-state index in [1.165, 1.54) is 24.3 Å². The summed E-state index contributed by atoms with van der Waals surface area (Å²) in [6, 6.07) is 0. The fourth-order valence-electron chi connectivity index (χ4n) is 1.86. The van der Waals surface area contributed by atoms with E-state index in [1.807, 2.05) is 13.1 Å². The summed E-state index contributed by atoms with van der Waals surface area (Å²) in [6.07, 6.45) is 4.50. The summed E-state index contributed by atoms with van der Waals surface area (Å²) in [4.78, 5) is 5.44. The van der Waals surface area contributed by atoms with Crippen LogP contribution in [0.15, 0.2) is 6.20 Å². The molecule has 1 unspecified atom stereocenters. The van der Waals surface area contributed by atoms with E-state index in [1.54, 1.807) is 11.3 Å². The van der Waals surface area contributed by atoms with Crippen molar-refractivity contribution < 1.29 is 4.74 Å². The highest BCUT2D eigenvalue weighted by Gasteiger charge is 2.12. The predicted molar refractivity (Wildman–Crippen MR) is 62.1 cm³/mol. The summed E-state index contributed by atoms with van der Waals surface area (Å²) in [5.41, 5.74) is 0. The minimum Gasteiger partial charge on any atom is -0.376 e. The minimum atomic E-state index is 0.702. The van der Waals surface area contributed by atoms with Crippen LogP contribution in [0.1, 0.15) is 22.7 Å². The molecule has 2 heterocycles. The van der Waals surface area contributed by atoms with Gasteiger partial charge in [-0.25, -0.2) is 4.98 Å². The monoisotopic (exact) mass is 226 g/mol. The molecule has 0 saturated carbocycles. The van der Waals surface area contributed by atoms with Gasteiger partial charge in [-0.05, 0) is 32.2 Å². The summed E-state index contributed by atoms with van der Waals surface area (Å²) in [5.74, 6) is 0.702. The lowest BCUT2D eigenvalue weighted by Crippen LogP contribution is -2.32. The third kappa shape index (κ3) is 3.55. The number of piperidine rings is 1. The van der Waals surface area contributed by atoms with Gasteiger partial charge in [0.15, 0.2) is 0 Å². The van der Waals surface area contributed by atoms with Crippen molar-refractivity contribution in [1.82, 2.24) is 10.3 Å². The van der Waals surface area contributed by atoms with E-state index in [9.17, 15) is 0 Å².